The van der Waals surface area contributed by atoms with Crippen LogP contribution in [0.2, 0.25) is 0 Å². The number of hydrogen-bond acceptors (Lipinski definition) is 2. The third-order valence-corrected chi connectivity index (χ3v) is 2.95. The topological polar surface area (TPSA) is 26.0 Å². The molecule has 3 rings (SSSR count). The number of rotatable bonds is 1. The molecule has 2 aromatic carbocycles. The van der Waals surface area contributed by atoms with Gasteiger partial charge in [0.2, 0.25) is 5.89 Å². The van der Waals surface area contributed by atoms with Crippen LogP contribution in [0.5, 0.6) is 0 Å². The maximum Gasteiger partial charge on any atom is 0.227 e. The summed E-state index contributed by atoms with van der Waals surface area (Å²) < 4.78 is 32.5. The summed E-state index contributed by atoms with van der Waals surface area (Å²) in [7, 11) is 0. The normalized spacial score (nSPS) is 11.1. The van der Waals surface area contributed by atoms with Crippen LogP contribution >= 0.6 is 15.9 Å². The van der Waals surface area contributed by atoms with E-state index in [9.17, 15) is 8.78 Å². The Balaban J connectivity index is 2.19. The Labute approximate surface area is 109 Å². The van der Waals surface area contributed by atoms with E-state index in [0.29, 0.717) is 11.1 Å². The molecule has 18 heavy (non-hydrogen) atoms. The fourth-order valence-corrected chi connectivity index (χ4v) is 2.05. The zero-order valence-corrected chi connectivity index (χ0v) is 10.5. The zero-order valence-electron chi connectivity index (χ0n) is 8.95. The van der Waals surface area contributed by atoms with Gasteiger partial charge in [0.05, 0.1) is 0 Å². The first-order chi connectivity index (χ1) is 8.61. The standard InChI is InChI=1S/C13H6BrF2NO/c14-8-1-2-12-11(5-8)17-13(18-12)7-3-9(15)6-10(16)4-7/h1-6H. The van der Waals surface area contributed by atoms with E-state index in [1.54, 1.807) is 12.1 Å². The van der Waals surface area contributed by atoms with Crippen LogP contribution < -0.4 is 0 Å². The average molecular weight is 310 g/mol. The lowest BCUT2D eigenvalue weighted by molar-refractivity contribution is 0.578. The van der Waals surface area contributed by atoms with E-state index in [4.69, 9.17) is 4.42 Å². The molecule has 90 valence electrons. The minimum atomic E-state index is -0.659. The summed E-state index contributed by atoms with van der Waals surface area (Å²) >= 11 is 3.32. The lowest BCUT2D eigenvalue weighted by atomic mass is 10.2. The third-order valence-electron chi connectivity index (χ3n) is 2.46. The number of aromatic nitrogens is 1. The summed E-state index contributed by atoms with van der Waals surface area (Å²) in [6.07, 6.45) is 0. The summed E-state index contributed by atoms with van der Waals surface area (Å²) in [5.41, 5.74) is 1.47. The minimum Gasteiger partial charge on any atom is -0.436 e. The first kappa shape index (κ1) is 11.3. The van der Waals surface area contributed by atoms with Crippen molar-refractivity contribution in [3.63, 3.8) is 0 Å². The molecule has 0 spiro atoms. The Morgan fingerprint density at radius 3 is 2.44 bits per heavy atom. The molecule has 0 amide bonds. The van der Waals surface area contributed by atoms with E-state index in [1.807, 2.05) is 6.07 Å². The van der Waals surface area contributed by atoms with Crippen molar-refractivity contribution >= 4 is 27.0 Å². The van der Waals surface area contributed by atoms with Crippen molar-refractivity contribution < 1.29 is 13.2 Å². The van der Waals surface area contributed by atoms with Crippen molar-refractivity contribution in [2.75, 3.05) is 0 Å². The highest BCUT2D eigenvalue weighted by atomic mass is 79.9. The van der Waals surface area contributed by atoms with Gasteiger partial charge >= 0.3 is 0 Å². The molecule has 0 fully saturated rings. The van der Waals surface area contributed by atoms with Crippen molar-refractivity contribution in [3.05, 3.63) is 52.5 Å². The molecule has 0 atom stereocenters. The Kier molecular flexibility index (Phi) is 2.63. The van der Waals surface area contributed by atoms with Gasteiger partial charge in [-0.2, -0.15) is 0 Å². The molecule has 0 aliphatic rings. The number of nitrogens with zero attached hydrogens (tertiary/aromatic N) is 1. The van der Waals surface area contributed by atoms with E-state index < -0.39 is 11.6 Å². The van der Waals surface area contributed by atoms with Crippen LogP contribution in [0.3, 0.4) is 0 Å². The maximum atomic E-state index is 13.1. The predicted molar refractivity (Wildman–Crippen MR) is 67.1 cm³/mol. The van der Waals surface area contributed by atoms with Gasteiger partial charge in [0.15, 0.2) is 5.58 Å². The molecule has 0 saturated heterocycles. The largest absolute Gasteiger partial charge is 0.436 e. The number of halogens is 3. The first-order valence-corrected chi connectivity index (χ1v) is 5.94. The summed E-state index contributed by atoms with van der Waals surface area (Å²) in [4.78, 5) is 4.20. The molecule has 0 radical (unpaired) electrons. The van der Waals surface area contributed by atoms with Crippen molar-refractivity contribution in [2.24, 2.45) is 0 Å². The second-order valence-corrected chi connectivity index (χ2v) is 4.70. The molecule has 0 N–H and O–H groups in total. The zero-order chi connectivity index (χ0) is 12.7. The van der Waals surface area contributed by atoms with E-state index in [1.165, 1.54) is 12.1 Å². The smallest absolute Gasteiger partial charge is 0.227 e. The Hall–Kier alpha value is -1.75. The van der Waals surface area contributed by atoms with E-state index in [2.05, 4.69) is 20.9 Å². The maximum absolute atomic E-state index is 13.1. The molecule has 2 nitrogen and oxygen atoms in total. The highest BCUT2D eigenvalue weighted by Crippen LogP contribution is 2.27. The van der Waals surface area contributed by atoms with Gasteiger partial charge in [0.1, 0.15) is 17.2 Å². The Morgan fingerprint density at radius 1 is 1.00 bits per heavy atom. The van der Waals surface area contributed by atoms with Gasteiger partial charge in [0.25, 0.3) is 0 Å². The minimum absolute atomic E-state index is 0.196. The van der Waals surface area contributed by atoms with Crippen LogP contribution in [0, 0.1) is 11.6 Å². The van der Waals surface area contributed by atoms with Crippen molar-refractivity contribution in [3.8, 4) is 11.5 Å². The van der Waals surface area contributed by atoms with Gasteiger partial charge in [-0.1, -0.05) is 15.9 Å². The number of oxazole rings is 1. The molecule has 0 aliphatic heterocycles. The molecule has 0 aliphatic carbocycles. The van der Waals surface area contributed by atoms with Gasteiger partial charge in [-0.25, -0.2) is 13.8 Å². The van der Waals surface area contributed by atoms with Gasteiger partial charge in [0, 0.05) is 16.1 Å². The van der Waals surface area contributed by atoms with Crippen LogP contribution in [-0.4, -0.2) is 4.98 Å². The Morgan fingerprint density at radius 2 is 1.72 bits per heavy atom. The van der Waals surface area contributed by atoms with Crippen molar-refractivity contribution in [1.29, 1.82) is 0 Å². The van der Waals surface area contributed by atoms with Crippen LogP contribution in [-0.2, 0) is 0 Å². The van der Waals surface area contributed by atoms with Crippen molar-refractivity contribution in [1.82, 2.24) is 4.98 Å². The Bertz CT molecular complexity index is 719. The van der Waals surface area contributed by atoms with Crippen LogP contribution in [0.15, 0.2) is 45.3 Å². The van der Waals surface area contributed by atoms with Crippen LogP contribution in [0.4, 0.5) is 8.78 Å². The molecule has 3 aromatic rings. The SMILES string of the molecule is Fc1cc(F)cc(-c2nc3cc(Br)ccc3o2)c1. The van der Waals surface area contributed by atoms with Gasteiger partial charge in [-0.05, 0) is 30.3 Å². The van der Waals surface area contributed by atoms with Gasteiger partial charge in [-0.15, -0.1) is 0 Å². The highest BCUT2D eigenvalue weighted by Gasteiger charge is 2.10. The predicted octanol–water partition coefficient (Wildman–Crippen LogP) is 4.54. The van der Waals surface area contributed by atoms with Gasteiger partial charge in [-0.3, -0.25) is 0 Å². The van der Waals surface area contributed by atoms with E-state index in [0.717, 1.165) is 10.5 Å². The molecular weight excluding hydrogens is 304 g/mol. The highest BCUT2D eigenvalue weighted by molar-refractivity contribution is 9.10. The van der Waals surface area contributed by atoms with Crippen LogP contribution in [0.1, 0.15) is 0 Å². The summed E-state index contributed by atoms with van der Waals surface area (Å²) in [5, 5.41) is 0. The lowest BCUT2D eigenvalue weighted by Crippen LogP contribution is -1.83. The summed E-state index contributed by atoms with van der Waals surface area (Å²) in [6, 6.07) is 8.50. The van der Waals surface area contributed by atoms with E-state index >= 15 is 0 Å². The summed E-state index contributed by atoms with van der Waals surface area (Å²) in [5.74, 6) is -1.12. The number of benzene rings is 2. The van der Waals surface area contributed by atoms with Crippen molar-refractivity contribution in [2.45, 2.75) is 0 Å². The first-order valence-electron chi connectivity index (χ1n) is 5.14. The lowest BCUT2D eigenvalue weighted by Gasteiger charge is -1.96. The second-order valence-electron chi connectivity index (χ2n) is 3.79. The molecule has 1 heterocycles. The quantitative estimate of drug-likeness (QED) is 0.660. The number of hydrogen-bond donors (Lipinski definition) is 0. The fraction of sp³-hybridized carbons (Fsp3) is 0. The fourth-order valence-electron chi connectivity index (χ4n) is 1.70. The van der Waals surface area contributed by atoms with Gasteiger partial charge < -0.3 is 4.42 Å². The molecular formula is C13H6BrF2NO. The molecule has 0 unspecified atom stereocenters. The summed E-state index contributed by atoms with van der Waals surface area (Å²) in [6.45, 7) is 0. The molecule has 0 saturated carbocycles. The molecule has 1 aromatic heterocycles. The molecule has 0 bridgehead atoms. The second kappa shape index (κ2) is 4.17. The molecule has 5 heteroatoms. The monoisotopic (exact) mass is 309 g/mol. The number of fused-ring (bicyclic) bond motifs is 1. The average Bonchev–Trinajstić information content (AvgIpc) is 2.70. The van der Waals surface area contributed by atoms with Crippen LogP contribution in [0.25, 0.3) is 22.6 Å². The third kappa shape index (κ3) is 2.01. The van der Waals surface area contributed by atoms with E-state index in [-0.39, 0.29) is 11.5 Å².